The number of Topliss-reactive ketones (excluding diaryl/α,β-unsaturated/α-hetero) is 1. The third-order valence-corrected chi connectivity index (χ3v) is 4.06. The molecule has 1 unspecified atom stereocenters. The van der Waals surface area contributed by atoms with Crippen molar-refractivity contribution in [3.05, 3.63) is 34.9 Å². The minimum Gasteiger partial charge on any atom is -0.377 e. The summed E-state index contributed by atoms with van der Waals surface area (Å²) in [5.41, 5.74) is 0.707. The topological polar surface area (TPSA) is 29.5 Å². The van der Waals surface area contributed by atoms with Gasteiger partial charge in [0.15, 0.2) is 5.78 Å². The number of piperidine rings is 1. The van der Waals surface area contributed by atoms with Gasteiger partial charge in [0.25, 0.3) is 0 Å². The molecule has 1 aliphatic heterocycles. The van der Waals surface area contributed by atoms with Crippen molar-refractivity contribution in [2.75, 3.05) is 26.2 Å². The van der Waals surface area contributed by atoms with Crippen molar-refractivity contribution in [2.24, 2.45) is 0 Å². The number of ether oxygens (including phenoxy) is 1. The fourth-order valence-electron chi connectivity index (χ4n) is 2.70. The molecule has 21 heavy (non-hydrogen) atoms. The number of rotatable bonds is 7. The predicted molar refractivity (Wildman–Crippen MR) is 86.1 cm³/mol. The van der Waals surface area contributed by atoms with Crippen LogP contribution in [-0.2, 0) is 4.74 Å². The van der Waals surface area contributed by atoms with E-state index in [-0.39, 0.29) is 5.78 Å². The Balaban J connectivity index is 1.78. The first-order valence-corrected chi connectivity index (χ1v) is 8.19. The maximum Gasteiger partial charge on any atom is 0.164 e. The molecule has 0 spiro atoms. The van der Waals surface area contributed by atoms with Crippen molar-refractivity contribution in [3.8, 4) is 0 Å². The Labute approximate surface area is 132 Å². The van der Waals surface area contributed by atoms with E-state index in [0.717, 1.165) is 45.5 Å². The van der Waals surface area contributed by atoms with Gasteiger partial charge >= 0.3 is 0 Å². The van der Waals surface area contributed by atoms with Crippen molar-refractivity contribution in [2.45, 2.75) is 38.7 Å². The summed E-state index contributed by atoms with van der Waals surface area (Å²) in [6, 6.07) is 7.19. The highest BCUT2D eigenvalue weighted by Crippen LogP contribution is 2.16. The van der Waals surface area contributed by atoms with Gasteiger partial charge in [0.1, 0.15) is 0 Å². The van der Waals surface area contributed by atoms with Crippen LogP contribution in [0.2, 0.25) is 5.02 Å². The third-order valence-electron chi connectivity index (χ3n) is 3.82. The molecule has 1 aliphatic rings. The minimum absolute atomic E-state index is 0.161. The molecule has 1 aromatic rings. The molecule has 1 fully saturated rings. The van der Waals surface area contributed by atoms with Crippen LogP contribution >= 0.6 is 11.6 Å². The molecule has 1 atom stereocenters. The second-order valence-corrected chi connectivity index (χ2v) is 6.06. The zero-order valence-electron chi connectivity index (χ0n) is 12.7. The van der Waals surface area contributed by atoms with Crippen LogP contribution in [0.4, 0.5) is 0 Å². The first kappa shape index (κ1) is 16.5. The van der Waals surface area contributed by atoms with E-state index in [1.807, 2.05) is 12.1 Å². The van der Waals surface area contributed by atoms with Gasteiger partial charge in [-0.25, -0.2) is 0 Å². The van der Waals surface area contributed by atoms with Crippen LogP contribution in [0.3, 0.4) is 0 Å². The first-order valence-electron chi connectivity index (χ1n) is 7.81. The van der Waals surface area contributed by atoms with E-state index >= 15 is 0 Å². The number of hydrogen-bond acceptors (Lipinski definition) is 3. The Morgan fingerprint density at radius 1 is 1.48 bits per heavy atom. The number of benzene rings is 1. The number of hydrogen-bond donors (Lipinski definition) is 0. The summed E-state index contributed by atoms with van der Waals surface area (Å²) in [4.78, 5) is 14.5. The van der Waals surface area contributed by atoms with E-state index < -0.39 is 0 Å². The van der Waals surface area contributed by atoms with Gasteiger partial charge in [0.2, 0.25) is 0 Å². The van der Waals surface area contributed by atoms with Gasteiger partial charge in [0.05, 0.1) is 6.10 Å². The summed E-state index contributed by atoms with van der Waals surface area (Å²) in [5.74, 6) is 0.161. The maximum absolute atomic E-state index is 12.2. The van der Waals surface area contributed by atoms with Crippen LogP contribution in [0.15, 0.2) is 24.3 Å². The monoisotopic (exact) mass is 309 g/mol. The van der Waals surface area contributed by atoms with Gasteiger partial charge in [-0.05, 0) is 37.9 Å². The molecule has 1 aromatic carbocycles. The molecule has 2 rings (SSSR count). The molecule has 3 nitrogen and oxygen atoms in total. The molecule has 0 bridgehead atoms. The average Bonchev–Trinajstić information content (AvgIpc) is 2.51. The largest absolute Gasteiger partial charge is 0.377 e. The molecule has 0 radical (unpaired) electrons. The van der Waals surface area contributed by atoms with Crippen LogP contribution in [-0.4, -0.2) is 43.0 Å². The second-order valence-electron chi connectivity index (χ2n) is 5.62. The summed E-state index contributed by atoms with van der Waals surface area (Å²) in [6.45, 7) is 5.78. The molecule has 0 amide bonds. The number of ketones is 1. The minimum atomic E-state index is 0.161. The third kappa shape index (κ3) is 5.42. The Hall–Kier alpha value is -0.900. The Morgan fingerprint density at radius 3 is 3.10 bits per heavy atom. The fourth-order valence-corrected chi connectivity index (χ4v) is 2.89. The standard InChI is InChI=1S/C17H24ClNO2/c1-2-11-21-16-7-4-9-19(13-16)10-8-17(20)14-5-3-6-15(18)12-14/h3,5-6,12,16H,2,4,7-11,13H2,1H3. The highest BCUT2D eigenvalue weighted by Gasteiger charge is 2.20. The lowest BCUT2D eigenvalue weighted by Crippen LogP contribution is -2.40. The van der Waals surface area contributed by atoms with Crippen molar-refractivity contribution in [1.82, 2.24) is 4.90 Å². The van der Waals surface area contributed by atoms with E-state index in [1.165, 1.54) is 0 Å². The molecular weight excluding hydrogens is 286 g/mol. The Bertz CT molecular complexity index is 464. The molecule has 0 saturated carbocycles. The molecule has 1 heterocycles. The Kier molecular flexibility index (Phi) is 6.68. The van der Waals surface area contributed by atoms with E-state index in [4.69, 9.17) is 16.3 Å². The van der Waals surface area contributed by atoms with Crippen LogP contribution in [0.5, 0.6) is 0 Å². The SMILES string of the molecule is CCCOC1CCCN(CCC(=O)c2cccc(Cl)c2)C1. The normalized spacial score (nSPS) is 19.6. The zero-order valence-corrected chi connectivity index (χ0v) is 13.4. The van der Waals surface area contributed by atoms with E-state index in [1.54, 1.807) is 12.1 Å². The predicted octanol–water partition coefficient (Wildman–Crippen LogP) is 3.80. The summed E-state index contributed by atoms with van der Waals surface area (Å²) in [5, 5.41) is 0.617. The lowest BCUT2D eigenvalue weighted by Gasteiger charge is -2.32. The van der Waals surface area contributed by atoms with E-state index in [2.05, 4.69) is 11.8 Å². The van der Waals surface area contributed by atoms with Crippen LogP contribution in [0.25, 0.3) is 0 Å². The van der Waals surface area contributed by atoms with Crippen LogP contribution in [0, 0.1) is 0 Å². The lowest BCUT2D eigenvalue weighted by molar-refractivity contribution is -0.0000193. The first-order chi connectivity index (χ1) is 10.2. The fraction of sp³-hybridized carbons (Fsp3) is 0.588. The van der Waals surface area contributed by atoms with Gasteiger partial charge in [-0.3, -0.25) is 4.79 Å². The van der Waals surface area contributed by atoms with Crippen molar-refractivity contribution in [1.29, 1.82) is 0 Å². The van der Waals surface area contributed by atoms with Gasteiger partial charge in [-0.2, -0.15) is 0 Å². The molecule has 0 aliphatic carbocycles. The molecule has 4 heteroatoms. The zero-order chi connectivity index (χ0) is 15.1. The molecule has 0 N–H and O–H groups in total. The van der Waals surface area contributed by atoms with E-state index in [0.29, 0.717) is 23.1 Å². The summed E-state index contributed by atoms with van der Waals surface area (Å²) >= 11 is 5.93. The number of carbonyl (C=O) groups excluding carboxylic acids is 1. The van der Waals surface area contributed by atoms with Crippen LogP contribution < -0.4 is 0 Å². The average molecular weight is 310 g/mol. The van der Waals surface area contributed by atoms with Gasteiger partial charge in [-0.1, -0.05) is 30.7 Å². The van der Waals surface area contributed by atoms with Crippen LogP contribution in [0.1, 0.15) is 43.0 Å². The van der Waals surface area contributed by atoms with Gasteiger partial charge in [0, 0.05) is 36.7 Å². The highest BCUT2D eigenvalue weighted by molar-refractivity contribution is 6.31. The van der Waals surface area contributed by atoms with Crippen molar-refractivity contribution < 1.29 is 9.53 Å². The number of nitrogens with zero attached hydrogens (tertiary/aromatic N) is 1. The number of likely N-dealkylation sites (tertiary alicyclic amines) is 1. The number of carbonyl (C=O) groups is 1. The smallest absolute Gasteiger partial charge is 0.164 e. The Morgan fingerprint density at radius 2 is 2.33 bits per heavy atom. The molecule has 116 valence electrons. The second kappa shape index (κ2) is 8.52. The molecule has 0 aromatic heterocycles. The van der Waals surface area contributed by atoms with Crippen molar-refractivity contribution in [3.63, 3.8) is 0 Å². The summed E-state index contributed by atoms with van der Waals surface area (Å²) < 4.78 is 5.83. The maximum atomic E-state index is 12.2. The number of halogens is 1. The quantitative estimate of drug-likeness (QED) is 0.717. The summed E-state index contributed by atoms with van der Waals surface area (Å²) in [7, 11) is 0. The van der Waals surface area contributed by atoms with Gasteiger partial charge < -0.3 is 9.64 Å². The van der Waals surface area contributed by atoms with Crippen molar-refractivity contribution >= 4 is 17.4 Å². The highest BCUT2D eigenvalue weighted by atomic mass is 35.5. The van der Waals surface area contributed by atoms with E-state index in [9.17, 15) is 4.79 Å². The van der Waals surface area contributed by atoms with Gasteiger partial charge in [-0.15, -0.1) is 0 Å². The lowest BCUT2D eigenvalue weighted by atomic mass is 10.1. The summed E-state index contributed by atoms with van der Waals surface area (Å²) in [6.07, 6.45) is 4.23. The molecular formula is C17H24ClNO2. The molecule has 1 saturated heterocycles.